The number of hydrogen-bond acceptors (Lipinski definition) is 3. The van der Waals surface area contributed by atoms with Gasteiger partial charge in [-0.15, -0.1) is 0 Å². The van der Waals surface area contributed by atoms with Crippen LogP contribution in [0.4, 0.5) is 4.79 Å². The predicted molar refractivity (Wildman–Crippen MR) is 79.6 cm³/mol. The molecule has 3 N–H and O–H groups in total. The molecule has 1 saturated carbocycles. The summed E-state index contributed by atoms with van der Waals surface area (Å²) in [6.07, 6.45) is 6.19. The summed E-state index contributed by atoms with van der Waals surface area (Å²) in [5.41, 5.74) is 5.92. The van der Waals surface area contributed by atoms with Gasteiger partial charge in [0.25, 0.3) is 0 Å². The molecule has 2 aliphatic heterocycles. The first-order chi connectivity index (χ1) is 10.1. The maximum Gasteiger partial charge on any atom is 0.317 e. The summed E-state index contributed by atoms with van der Waals surface area (Å²) in [7, 11) is 0. The second-order valence-electron chi connectivity index (χ2n) is 6.69. The average molecular weight is 294 g/mol. The number of hydrogen-bond donors (Lipinski definition) is 2. The van der Waals surface area contributed by atoms with Crippen LogP contribution in [0.1, 0.15) is 38.5 Å². The van der Waals surface area contributed by atoms with Gasteiger partial charge in [-0.3, -0.25) is 4.79 Å². The van der Waals surface area contributed by atoms with E-state index in [4.69, 9.17) is 5.73 Å². The van der Waals surface area contributed by atoms with E-state index in [1.165, 1.54) is 12.8 Å². The third-order valence-corrected chi connectivity index (χ3v) is 5.24. The first kappa shape index (κ1) is 14.6. The summed E-state index contributed by atoms with van der Waals surface area (Å²) in [6.45, 7) is 2.70. The molecule has 0 aromatic carbocycles. The Kier molecular flexibility index (Phi) is 4.33. The van der Waals surface area contributed by atoms with Crippen molar-refractivity contribution in [1.82, 2.24) is 15.1 Å². The lowest BCUT2D eigenvalue weighted by Gasteiger charge is -2.36. The van der Waals surface area contributed by atoms with Gasteiger partial charge in [0.1, 0.15) is 0 Å². The largest absolute Gasteiger partial charge is 0.339 e. The van der Waals surface area contributed by atoms with Gasteiger partial charge in [-0.1, -0.05) is 0 Å². The van der Waals surface area contributed by atoms with Crippen LogP contribution < -0.4 is 11.1 Å². The van der Waals surface area contributed by atoms with Gasteiger partial charge in [0.2, 0.25) is 5.91 Å². The second kappa shape index (κ2) is 6.22. The number of rotatable bonds is 3. The summed E-state index contributed by atoms with van der Waals surface area (Å²) in [5, 5.41) is 2.85. The normalized spacial score (nSPS) is 32.8. The van der Waals surface area contributed by atoms with Crippen molar-refractivity contribution in [2.75, 3.05) is 26.2 Å². The average Bonchev–Trinajstić information content (AvgIpc) is 2.87. The number of urea groups is 1. The molecule has 1 atom stereocenters. The Morgan fingerprint density at radius 3 is 2.76 bits per heavy atom. The molecule has 6 heteroatoms. The van der Waals surface area contributed by atoms with Gasteiger partial charge in [0, 0.05) is 38.6 Å². The number of nitrogens with zero attached hydrogens (tertiary/aromatic N) is 2. The highest BCUT2D eigenvalue weighted by molar-refractivity contribution is 5.79. The molecule has 3 fully saturated rings. The summed E-state index contributed by atoms with van der Waals surface area (Å²) >= 11 is 0. The molecule has 118 valence electrons. The maximum atomic E-state index is 12.4. The molecule has 0 spiro atoms. The molecule has 3 aliphatic rings. The van der Waals surface area contributed by atoms with E-state index < -0.39 is 0 Å². The first-order valence-electron chi connectivity index (χ1n) is 8.21. The molecule has 0 bridgehead atoms. The highest BCUT2D eigenvalue weighted by atomic mass is 16.2. The Morgan fingerprint density at radius 1 is 1.24 bits per heavy atom. The van der Waals surface area contributed by atoms with Crippen molar-refractivity contribution in [2.45, 2.75) is 50.6 Å². The number of fused-ring (bicyclic) bond motifs is 1. The third-order valence-electron chi connectivity index (χ3n) is 5.24. The van der Waals surface area contributed by atoms with E-state index in [-0.39, 0.29) is 18.0 Å². The van der Waals surface area contributed by atoms with Gasteiger partial charge in [-0.05, 0) is 38.0 Å². The Bertz CT molecular complexity index is 406. The number of carbonyl (C=O) groups is 2. The minimum Gasteiger partial charge on any atom is -0.339 e. The van der Waals surface area contributed by atoms with E-state index in [0.717, 1.165) is 19.3 Å². The summed E-state index contributed by atoms with van der Waals surface area (Å²) in [4.78, 5) is 27.7. The standard InChI is InChI=1S/C15H26N4O2/c16-12-4-1-11(2-5-12)3-6-14(20)18-7-8-19-13(10-18)9-17-15(19)21/h11-13H,1-10,16H2,(H,17,21). The van der Waals surface area contributed by atoms with Crippen molar-refractivity contribution in [1.29, 1.82) is 0 Å². The van der Waals surface area contributed by atoms with Crippen molar-refractivity contribution in [3.05, 3.63) is 0 Å². The Hall–Kier alpha value is -1.30. The van der Waals surface area contributed by atoms with Gasteiger partial charge >= 0.3 is 6.03 Å². The summed E-state index contributed by atoms with van der Waals surface area (Å²) in [6, 6.07) is 0.561. The lowest BCUT2D eigenvalue weighted by Crippen LogP contribution is -2.53. The third kappa shape index (κ3) is 3.31. The van der Waals surface area contributed by atoms with Crippen LogP contribution in [0.15, 0.2) is 0 Å². The second-order valence-corrected chi connectivity index (χ2v) is 6.69. The predicted octanol–water partition coefficient (Wildman–Crippen LogP) is 0.520. The number of carbonyl (C=O) groups excluding carboxylic acids is 2. The maximum absolute atomic E-state index is 12.4. The Balaban J connectivity index is 1.43. The fraction of sp³-hybridized carbons (Fsp3) is 0.867. The van der Waals surface area contributed by atoms with Crippen molar-refractivity contribution < 1.29 is 9.59 Å². The van der Waals surface area contributed by atoms with Gasteiger partial charge in [-0.2, -0.15) is 0 Å². The minimum absolute atomic E-state index is 0.0191. The Morgan fingerprint density at radius 2 is 2.00 bits per heavy atom. The summed E-state index contributed by atoms with van der Waals surface area (Å²) < 4.78 is 0. The molecule has 1 aliphatic carbocycles. The molecule has 0 aromatic heterocycles. The summed E-state index contributed by atoms with van der Waals surface area (Å²) in [5.74, 6) is 0.925. The minimum atomic E-state index is 0.0191. The van der Waals surface area contributed by atoms with Crippen molar-refractivity contribution in [3.63, 3.8) is 0 Å². The van der Waals surface area contributed by atoms with Crippen LogP contribution >= 0.6 is 0 Å². The number of nitrogens with two attached hydrogens (primary N) is 1. The van der Waals surface area contributed by atoms with E-state index in [0.29, 0.717) is 44.6 Å². The van der Waals surface area contributed by atoms with Gasteiger partial charge in [-0.25, -0.2) is 4.79 Å². The number of nitrogens with one attached hydrogen (secondary N) is 1. The van der Waals surface area contributed by atoms with E-state index in [9.17, 15) is 9.59 Å². The quantitative estimate of drug-likeness (QED) is 0.796. The van der Waals surface area contributed by atoms with Crippen molar-refractivity contribution in [2.24, 2.45) is 11.7 Å². The highest BCUT2D eigenvalue weighted by Crippen LogP contribution is 2.27. The first-order valence-corrected chi connectivity index (χ1v) is 8.21. The van der Waals surface area contributed by atoms with E-state index in [1.807, 2.05) is 9.80 Å². The fourth-order valence-corrected chi connectivity index (χ4v) is 3.79. The van der Waals surface area contributed by atoms with Gasteiger partial charge in [0.05, 0.1) is 6.04 Å². The smallest absolute Gasteiger partial charge is 0.317 e. The molecule has 3 rings (SSSR count). The lowest BCUT2D eigenvalue weighted by atomic mass is 9.83. The van der Waals surface area contributed by atoms with Crippen LogP contribution in [0.3, 0.4) is 0 Å². The number of piperazine rings is 1. The van der Waals surface area contributed by atoms with Crippen LogP contribution in [-0.4, -0.2) is 60.0 Å². The van der Waals surface area contributed by atoms with Crippen LogP contribution in [0.5, 0.6) is 0 Å². The zero-order chi connectivity index (χ0) is 14.8. The van der Waals surface area contributed by atoms with E-state index in [1.54, 1.807) is 0 Å². The van der Waals surface area contributed by atoms with Crippen LogP contribution in [0, 0.1) is 5.92 Å². The highest BCUT2D eigenvalue weighted by Gasteiger charge is 2.36. The zero-order valence-corrected chi connectivity index (χ0v) is 12.6. The molecule has 1 unspecified atom stereocenters. The topological polar surface area (TPSA) is 78.7 Å². The molecule has 0 radical (unpaired) electrons. The lowest BCUT2D eigenvalue weighted by molar-refractivity contribution is -0.133. The van der Waals surface area contributed by atoms with Gasteiger partial charge < -0.3 is 20.9 Å². The van der Waals surface area contributed by atoms with Crippen LogP contribution in [0.2, 0.25) is 0 Å². The molecule has 21 heavy (non-hydrogen) atoms. The van der Waals surface area contributed by atoms with Crippen molar-refractivity contribution in [3.8, 4) is 0 Å². The van der Waals surface area contributed by atoms with Crippen LogP contribution in [0.25, 0.3) is 0 Å². The molecule has 0 aromatic rings. The Labute approximate surface area is 126 Å². The monoisotopic (exact) mass is 294 g/mol. The molecular weight excluding hydrogens is 268 g/mol. The van der Waals surface area contributed by atoms with Crippen LogP contribution in [-0.2, 0) is 4.79 Å². The fourth-order valence-electron chi connectivity index (χ4n) is 3.79. The molecule has 3 amide bonds. The molecular formula is C15H26N4O2. The van der Waals surface area contributed by atoms with E-state index in [2.05, 4.69) is 5.32 Å². The molecule has 2 heterocycles. The zero-order valence-electron chi connectivity index (χ0n) is 12.6. The molecule has 2 saturated heterocycles. The number of amides is 3. The van der Waals surface area contributed by atoms with E-state index >= 15 is 0 Å². The van der Waals surface area contributed by atoms with Gasteiger partial charge in [0.15, 0.2) is 0 Å². The molecule has 6 nitrogen and oxygen atoms in total. The van der Waals surface area contributed by atoms with Crippen molar-refractivity contribution >= 4 is 11.9 Å². The SMILES string of the molecule is NC1CCC(CCC(=O)N2CCN3C(=O)NCC3C2)CC1.